The summed E-state index contributed by atoms with van der Waals surface area (Å²) in [6.07, 6.45) is 4.28. The molecule has 0 aromatic carbocycles. The SMILES string of the molecule is N#CCCNC(=O)CNCCC1CC1. The van der Waals surface area contributed by atoms with E-state index in [9.17, 15) is 4.79 Å². The molecule has 78 valence electrons. The van der Waals surface area contributed by atoms with Crippen LogP contribution < -0.4 is 10.6 Å². The first-order valence-corrected chi connectivity index (χ1v) is 5.17. The molecule has 0 aromatic rings. The van der Waals surface area contributed by atoms with Crippen molar-refractivity contribution in [2.75, 3.05) is 19.6 Å². The van der Waals surface area contributed by atoms with E-state index in [0.717, 1.165) is 12.5 Å². The summed E-state index contributed by atoms with van der Waals surface area (Å²) in [4.78, 5) is 11.1. The molecule has 1 amide bonds. The Balaban J connectivity index is 1.84. The Labute approximate surface area is 84.7 Å². The third kappa shape index (κ3) is 5.55. The minimum Gasteiger partial charge on any atom is -0.354 e. The first-order valence-electron chi connectivity index (χ1n) is 5.17. The predicted octanol–water partition coefficient (Wildman–Crippen LogP) is 0.406. The van der Waals surface area contributed by atoms with Crippen molar-refractivity contribution < 1.29 is 4.79 Å². The fraction of sp³-hybridized carbons (Fsp3) is 0.800. The van der Waals surface area contributed by atoms with Gasteiger partial charge in [0.05, 0.1) is 19.0 Å². The monoisotopic (exact) mass is 195 g/mol. The van der Waals surface area contributed by atoms with Gasteiger partial charge in [-0.05, 0) is 18.9 Å². The van der Waals surface area contributed by atoms with Crippen molar-refractivity contribution in [2.45, 2.75) is 25.7 Å². The van der Waals surface area contributed by atoms with Crippen molar-refractivity contribution in [3.8, 4) is 6.07 Å². The zero-order valence-corrected chi connectivity index (χ0v) is 8.38. The van der Waals surface area contributed by atoms with Crippen LogP contribution in [0.1, 0.15) is 25.7 Å². The molecule has 0 saturated heterocycles. The number of carbonyl (C=O) groups is 1. The Morgan fingerprint density at radius 1 is 1.43 bits per heavy atom. The van der Waals surface area contributed by atoms with Crippen LogP contribution in [-0.4, -0.2) is 25.5 Å². The summed E-state index contributed by atoms with van der Waals surface area (Å²) in [7, 11) is 0. The highest BCUT2D eigenvalue weighted by Crippen LogP contribution is 2.31. The molecular weight excluding hydrogens is 178 g/mol. The number of hydrogen-bond acceptors (Lipinski definition) is 3. The molecular formula is C10H17N3O. The normalized spacial score (nSPS) is 14.8. The highest BCUT2D eigenvalue weighted by atomic mass is 16.1. The Bertz CT molecular complexity index is 218. The molecule has 4 nitrogen and oxygen atoms in total. The van der Waals surface area contributed by atoms with E-state index in [1.165, 1.54) is 19.3 Å². The van der Waals surface area contributed by atoms with E-state index in [1.54, 1.807) is 0 Å². The van der Waals surface area contributed by atoms with E-state index in [4.69, 9.17) is 5.26 Å². The molecule has 1 saturated carbocycles. The highest BCUT2D eigenvalue weighted by molar-refractivity contribution is 5.77. The van der Waals surface area contributed by atoms with Crippen LogP contribution in [0.3, 0.4) is 0 Å². The summed E-state index contributed by atoms with van der Waals surface area (Å²) in [6.45, 7) is 1.76. The topological polar surface area (TPSA) is 64.9 Å². The molecule has 2 N–H and O–H groups in total. The molecule has 0 spiro atoms. The van der Waals surface area contributed by atoms with Crippen molar-refractivity contribution in [3.63, 3.8) is 0 Å². The average molecular weight is 195 g/mol. The summed E-state index contributed by atoms with van der Waals surface area (Å²) in [5.74, 6) is 0.889. The molecule has 0 heterocycles. The quantitative estimate of drug-likeness (QED) is 0.578. The number of nitriles is 1. The minimum atomic E-state index is -0.0175. The van der Waals surface area contributed by atoms with Gasteiger partial charge < -0.3 is 10.6 Å². The van der Waals surface area contributed by atoms with Crippen LogP contribution in [0.2, 0.25) is 0 Å². The smallest absolute Gasteiger partial charge is 0.233 e. The lowest BCUT2D eigenvalue weighted by Gasteiger charge is -2.04. The highest BCUT2D eigenvalue weighted by Gasteiger charge is 2.19. The van der Waals surface area contributed by atoms with Crippen molar-refractivity contribution in [1.29, 1.82) is 5.26 Å². The van der Waals surface area contributed by atoms with Gasteiger partial charge in [-0.25, -0.2) is 0 Å². The molecule has 14 heavy (non-hydrogen) atoms. The van der Waals surface area contributed by atoms with E-state index in [1.807, 2.05) is 6.07 Å². The standard InChI is InChI=1S/C10H17N3O/c11-5-1-6-13-10(14)8-12-7-4-9-2-3-9/h9,12H,1-4,6-8H2,(H,13,14). The van der Waals surface area contributed by atoms with E-state index in [2.05, 4.69) is 10.6 Å². The molecule has 1 rings (SSSR count). The third-order valence-corrected chi connectivity index (χ3v) is 2.27. The van der Waals surface area contributed by atoms with Crippen LogP contribution in [0, 0.1) is 17.2 Å². The maximum absolute atomic E-state index is 11.1. The molecule has 4 heteroatoms. The second-order valence-electron chi connectivity index (χ2n) is 3.67. The van der Waals surface area contributed by atoms with Crippen LogP contribution in [-0.2, 0) is 4.79 Å². The van der Waals surface area contributed by atoms with Crippen LogP contribution in [0.5, 0.6) is 0 Å². The zero-order valence-electron chi connectivity index (χ0n) is 8.38. The number of nitrogens with one attached hydrogen (secondary N) is 2. The van der Waals surface area contributed by atoms with E-state index in [-0.39, 0.29) is 5.91 Å². The molecule has 1 aliphatic carbocycles. The largest absolute Gasteiger partial charge is 0.354 e. The first-order chi connectivity index (χ1) is 6.83. The molecule has 0 unspecified atom stereocenters. The molecule has 1 fully saturated rings. The molecule has 0 aromatic heterocycles. The number of nitrogens with zero attached hydrogens (tertiary/aromatic N) is 1. The van der Waals surface area contributed by atoms with E-state index >= 15 is 0 Å². The van der Waals surface area contributed by atoms with Crippen LogP contribution in [0.4, 0.5) is 0 Å². The molecule has 1 aliphatic rings. The molecule has 0 aliphatic heterocycles. The summed E-state index contributed by atoms with van der Waals surface area (Å²) in [5.41, 5.74) is 0. The second-order valence-corrected chi connectivity index (χ2v) is 3.67. The van der Waals surface area contributed by atoms with Gasteiger partial charge in [0.15, 0.2) is 0 Å². The maximum Gasteiger partial charge on any atom is 0.233 e. The fourth-order valence-electron chi connectivity index (χ4n) is 1.23. The number of rotatable bonds is 7. The maximum atomic E-state index is 11.1. The van der Waals surface area contributed by atoms with Gasteiger partial charge in [-0.1, -0.05) is 12.8 Å². The van der Waals surface area contributed by atoms with Crippen LogP contribution >= 0.6 is 0 Å². The van der Waals surface area contributed by atoms with Crippen molar-refractivity contribution in [3.05, 3.63) is 0 Å². The molecule has 0 atom stereocenters. The Morgan fingerprint density at radius 3 is 2.86 bits per heavy atom. The zero-order chi connectivity index (χ0) is 10.2. The van der Waals surface area contributed by atoms with E-state index in [0.29, 0.717) is 19.5 Å². The summed E-state index contributed by atoms with van der Waals surface area (Å²) >= 11 is 0. The number of carbonyl (C=O) groups excluding carboxylic acids is 1. The van der Waals surface area contributed by atoms with Gasteiger partial charge in [0.2, 0.25) is 5.91 Å². The Hall–Kier alpha value is -1.08. The average Bonchev–Trinajstić information content (AvgIpc) is 2.97. The van der Waals surface area contributed by atoms with Gasteiger partial charge in [0.1, 0.15) is 0 Å². The molecule has 0 bridgehead atoms. The van der Waals surface area contributed by atoms with Gasteiger partial charge in [-0.3, -0.25) is 4.79 Å². The summed E-state index contributed by atoms with van der Waals surface area (Å²) in [6, 6.07) is 1.98. The molecule has 0 radical (unpaired) electrons. The van der Waals surface area contributed by atoms with Crippen LogP contribution in [0.25, 0.3) is 0 Å². The number of hydrogen-bond donors (Lipinski definition) is 2. The van der Waals surface area contributed by atoms with E-state index < -0.39 is 0 Å². The lowest BCUT2D eigenvalue weighted by Crippen LogP contribution is -2.34. The Kier molecular flexibility index (Phi) is 5.02. The van der Waals surface area contributed by atoms with Gasteiger partial charge in [0, 0.05) is 6.54 Å². The van der Waals surface area contributed by atoms with Gasteiger partial charge in [-0.15, -0.1) is 0 Å². The number of amides is 1. The van der Waals surface area contributed by atoms with Crippen LogP contribution in [0.15, 0.2) is 0 Å². The first kappa shape index (κ1) is 11.0. The van der Waals surface area contributed by atoms with Crippen molar-refractivity contribution in [1.82, 2.24) is 10.6 Å². The van der Waals surface area contributed by atoms with Gasteiger partial charge in [0.25, 0.3) is 0 Å². The summed E-state index contributed by atoms with van der Waals surface area (Å²) in [5, 5.41) is 14.0. The lowest BCUT2D eigenvalue weighted by molar-refractivity contribution is -0.120. The predicted molar refractivity (Wildman–Crippen MR) is 53.5 cm³/mol. The van der Waals surface area contributed by atoms with Crippen molar-refractivity contribution >= 4 is 5.91 Å². The minimum absolute atomic E-state index is 0.0175. The van der Waals surface area contributed by atoms with Crippen molar-refractivity contribution in [2.24, 2.45) is 5.92 Å². The van der Waals surface area contributed by atoms with Gasteiger partial charge >= 0.3 is 0 Å². The van der Waals surface area contributed by atoms with Gasteiger partial charge in [-0.2, -0.15) is 5.26 Å². The second kappa shape index (κ2) is 6.39. The lowest BCUT2D eigenvalue weighted by atomic mass is 10.3. The third-order valence-electron chi connectivity index (χ3n) is 2.27. The summed E-state index contributed by atoms with van der Waals surface area (Å²) < 4.78 is 0. The fourth-order valence-corrected chi connectivity index (χ4v) is 1.23. The Morgan fingerprint density at radius 2 is 2.21 bits per heavy atom.